The predicted molar refractivity (Wildman–Crippen MR) is 199 cm³/mol. The van der Waals surface area contributed by atoms with E-state index in [2.05, 4.69) is 29.9 Å². The van der Waals surface area contributed by atoms with E-state index in [0.717, 1.165) is 39.6 Å². The van der Waals surface area contributed by atoms with Crippen LogP contribution in [0.3, 0.4) is 0 Å². The van der Waals surface area contributed by atoms with Gasteiger partial charge in [0.05, 0.1) is 22.8 Å². The number of benzene rings is 4. The first-order chi connectivity index (χ1) is 25.3. The molecule has 4 heterocycles. The Morgan fingerprint density at radius 3 is 0.942 bits per heavy atom. The van der Waals surface area contributed by atoms with Crippen molar-refractivity contribution in [3.05, 3.63) is 142 Å². The Morgan fingerprint density at radius 1 is 0.423 bits per heavy atom. The van der Waals surface area contributed by atoms with Gasteiger partial charge in [-0.05, 0) is 10.3 Å². The monoisotopic (exact) mass is 757 g/mol. The number of nitrogens with zero attached hydrogens (tertiary/aromatic N) is 8. The molecular weight excluding hydrogens is 732 g/mol. The first kappa shape index (κ1) is 36.0. The third-order valence-electron chi connectivity index (χ3n) is 7.94. The summed E-state index contributed by atoms with van der Waals surface area (Å²) < 4.78 is 10.8. The van der Waals surface area contributed by atoms with Crippen LogP contribution in [0.1, 0.15) is 0 Å². The van der Waals surface area contributed by atoms with E-state index in [4.69, 9.17) is 28.9 Å². The van der Waals surface area contributed by atoms with Crippen LogP contribution in [0.25, 0.3) is 67.4 Å². The molecule has 52 heavy (non-hydrogen) atoms. The molecule has 0 unspecified atom stereocenters. The second-order valence-electron chi connectivity index (χ2n) is 11.2. The molecule has 0 atom stereocenters. The van der Waals surface area contributed by atoms with Crippen molar-refractivity contribution in [3.8, 4) is 45.0 Å². The molecule has 4 aromatic heterocycles. The first-order valence-corrected chi connectivity index (χ1v) is 17.0. The van der Waals surface area contributed by atoms with Crippen LogP contribution >= 0.6 is 0 Å². The third kappa shape index (κ3) is 7.29. The molecule has 253 valence electrons. The Bertz CT molecular complexity index is 2460. The molecule has 0 amide bonds. The van der Waals surface area contributed by atoms with E-state index < -0.39 is 0 Å². The van der Waals surface area contributed by atoms with E-state index in [1.165, 1.54) is 9.13 Å². The van der Waals surface area contributed by atoms with Gasteiger partial charge in [0.15, 0.2) is 22.3 Å². The summed E-state index contributed by atoms with van der Waals surface area (Å²) in [5.74, 6) is 0. The Labute approximate surface area is 317 Å². The predicted octanol–water partition coefficient (Wildman–Crippen LogP) is 5.81. The van der Waals surface area contributed by atoms with E-state index in [1.54, 1.807) is 14.1 Å². The zero-order valence-corrected chi connectivity index (χ0v) is 30.6. The topological polar surface area (TPSA) is 138 Å². The van der Waals surface area contributed by atoms with Crippen molar-refractivity contribution >= 4 is 47.6 Å². The van der Waals surface area contributed by atoms with Crippen molar-refractivity contribution in [1.82, 2.24) is 39.0 Å². The van der Waals surface area contributed by atoms with Gasteiger partial charge in [0.1, 0.15) is 0 Å². The molecule has 0 N–H and O–H groups in total. The van der Waals surface area contributed by atoms with E-state index >= 15 is 0 Å². The molecule has 0 saturated heterocycles. The first-order valence-electron chi connectivity index (χ1n) is 15.6. The molecule has 11 nitrogen and oxygen atoms in total. The summed E-state index contributed by atoms with van der Waals surface area (Å²) in [6.07, 6.45) is 0. The van der Waals surface area contributed by atoms with Crippen molar-refractivity contribution in [2.24, 2.45) is 14.1 Å². The number of rotatable bonds is 4. The Morgan fingerprint density at radius 2 is 0.673 bits per heavy atom. The molecular formula is C38H26N8O3S2V. The second kappa shape index (κ2) is 16.0. The van der Waals surface area contributed by atoms with Crippen molar-refractivity contribution in [2.45, 2.75) is 10.3 Å². The van der Waals surface area contributed by atoms with Crippen LogP contribution in [-0.2, 0) is 60.4 Å². The molecule has 8 aromatic rings. The van der Waals surface area contributed by atoms with Gasteiger partial charge in [-0.25, -0.2) is 29.9 Å². The van der Waals surface area contributed by atoms with Crippen molar-refractivity contribution in [2.75, 3.05) is 0 Å². The number of aromatic nitrogens is 8. The normalized spacial score (nSPS) is 10.6. The average Bonchev–Trinajstić information content (AvgIpc) is 3.21. The van der Waals surface area contributed by atoms with E-state index in [9.17, 15) is 9.59 Å². The van der Waals surface area contributed by atoms with Crippen LogP contribution in [-0.4, -0.2) is 39.0 Å². The zero-order valence-electron chi connectivity index (χ0n) is 27.6. The summed E-state index contributed by atoms with van der Waals surface area (Å²) >= 11 is 11.3. The van der Waals surface area contributed by atoms with E-state index in [-0.39, 0.29) is 43.8 Å². The fourth-order valence-corrected chi connectivity index (χ4v) is 5.65. The summed E-state index contributed by atoms with van der Waals surface area (Å²) in [6, 6.07) is 38.8. The van der Waals surface area contributed by atoms with Gasteiger partial charge >= 0.3 is 21.0 Å². The minimum absolute atomic E-state index is 0.193. The van der Waals surface area contributed by atoms with Gasteiger partial charge in [-0.15, -0.1) is 0 Å². The average molecular weight is 758 g/mol. The summed E-state index contributed by atoms with van der Waals surface area (Å²) in [7, 11) is 3.18. The Balaban J connectivity index is 0.000000171. The summed E-state index contributed by atoms with van der Waals surface area (Å²) in [6.45, 7) is 0. The van der Waals surface area contributed by atoms with Gasteiger partial charge in [-0.1, -0.05) is 121 Å². The Kier molecular flexibility index (Phi) is 11.1. The quantitative estimate of drug-likeness (QED) is 0.159. The van der Waals surface area contributed by atoms with Gasteiger partial charge in [-0.2, -0.15) is 0 Å². The van der Waals surface area contributed by atoms with Crippen LogP contribution in [0, 0.1) is 0 Å². The molecule has 0 fully saturated rings. The van der Waals surface area contributed by atoms with Gasteiger partial charge in [0, 0.05) is 36.3 Å². The fraction of sp³-hybridized carbons (Fsp3) is 0.0526. The molecule has 0 spiro atoms. The molecule has 0 radical (unpaired) electrons. The Hall–Kier alpha value is -5.86. The third-order valence-corrected chi connectivity index (χ3v) is 8.67. The van der Waals surface area contributed by atoms with Gasteiger partial charge in [0.2, 0.25) is 0 Å². The summed E-state index contributed by atoms with van der Waals surface area (Å²) in [4.78, 5) is 52.1. The maximum atomic E-state index is 12.5. The zero-order chi connectivity index (χ0) is 36.8. The number of fused-ring (bicyclic) bond motifs is 2. The van der Waals surface area contributed by atoms with Gasteiger partial charge < -0.3 is 34.4 Å². The molecule has 4 aromatic carbocycles. The molecule has 0 aliphatic rings. The molecule has 0 aliphatic heterocycles. The van der Waals surface area contributed by atoms with E-state index in [0.29, 0.717) is 22.8 Å². The molecule has 14 heteroatoms. The number of hydrogen-bond acceptors (Lipinski definition) is 11. The standard InChI is InChI=1S/2C19H14N4OS.O.V/c2*1-23-18(24)16-17(22-19(23)25)21-15(13-10-6-3-7-11-13)14(20-16)12-8-4-2-5-9-12;;/h2*2-11H,1H3,(H,21,22,25);;/q;;;+2/p-2. The molecule has 8 rings (SSSR count). The van der Waals surface area contributed by atoms with Gasteiger partial charge in [0.25, 0.3) is 11.1 Å². The summed E-state index contributed by atoms with van der Waals surface area (Å²) in [5, 5.41) is 0.386. The molecule has 0 bridgehead atoms. The SMILES string of the molecule is Cn1c([S-])nc2nc(-c3ccccc3)c(-c3ccccc3)nc2c1=O.Cn1c([S-])nc2nc(-c3ccccc3)c(-c3ccccc3)nc2c1=O.[O]=[V+2]. The minimum atomic E-state index is -0.292. The van der Waals surface area contributed by atoms with Crippen LogP contribution < -0.4 is 11.1 Å². The molecule has 0 aliphatic carbocycles. The van der Waals surface area contributed by atoms with Gasteiger partial charge in [-0.3, -0.25) is 9.59 Å². The maximum absolute atomic E-state index is 12.5. The van der Waals surface area contributed by atoms with Crippen LogP contribution in [0.2, 0.25) is 0 Å². The van der Waals surface area contributed by atoms with Crippen molar-refractivity contribution in [3.63, 3.8) is 0 Å². The second-order valence-corrected chi connectivity index (χ2v) is 11.9. The number of hydrogen-bond donors (Lipinski definition) is 0. The van der Waals surface area contributed by atoms with Crippen LogP contribution in [0.4, 0.5) is 0 Å². The summed E-state index contributed by atoms with van der Waals surface area (Å²) in [5.41, 5.74) is 6.63. The van der Waals surface area contributed by atoms with Crippen molar-refractivity contribution in [1.29, 1.82) is 0 Å². The van der Waals surface area contributed by atoms with Crippen LogP contribution in [0.5, 0.6) is 0 Å². The van der Waals surface area contributed by atoms with E-state index in [1.807, 2.05) is 121 Å². The van der Waals surface area contributed by atoms with Crippen LogP contribution in [0.15, 0.2) is 141 Å². The van der Waals surface area contributed by atoms with Crippen molar-refractivity contribution < 1.29 is 21.0 Å². The fourth-order valence-electron chi connectivity index (χ4n) is 5.31. The molecule has 0 saturated carbocycles.